The molecule has 4 heterocycles. The quantitative estimate of drug-likeness (QED) is 0.194. The lowest BCUT2D eigenvalue weighted by Gasteiger charge is -2.24. The smallest absolute Gasteiger partial charge is 0.228 e. The monoisotopic (exact) mass is 611 g/mol. The van der Waals surface area contributed by atoms with Crippen molar-refractivity contribution in [3.05, 3.63) is 126 Å². The summed E-state index contributed by atoms with van der Waals surface area (Å²) in [6.07, 6.45) is 0. The van der Waals surface area contributed by atoms with Crippen LogP contribution in [-0.2, 0) is 0 Å². The number of hydrogen-bond acceptors (Lipinski definition) is 4. The average molecular weight is 612 g/mol. The molecule has 5 heteroatoms. The van der Waals surface area contributed by atoms with Crippen molar-refractivity contribution in [2.75, 3.05) is 0 Å². The second kappa shape index (κ2) is 10.4. The van der Waals surface area contributed by atoms with Crippen LogP contribution in [0.4, 0.5) is 0 Å². The summed E-state index contributed by atoms with van der Waals surface area (Å²) in [6.45, 7) is 9.12. The molecule has 0 amide bonds. The fraction of sp³-hybridized carbons (Fsp3) is 0.143. The normalized spacial score (nSPS) is 12.2. The van der Waals surface area contributed by atoms with Crippen molar-refractivity contribution in [2.45, 2.75) is 39.5 Å². The van der Waals surface area contributed by atoms with Gasteiger partial charge in [0.05, 0.1) is 27.7 Å². The van der Waals surface area contributed by atoms with Crippen molar-refractivity contribution < 1.29 is 8.83 Å². The molecule has 0 aliphatic heterocycles. The molecule has 0 aliphatic carbocycles. The molecule has 47 heavy (non-hydrogen) atoms. The van der Waals surface area contributed by atoms with Crippen molar-refractivity contribution in [1.29, 1.82) is 0 Å². The van der Waals surface area contributed by atoms with Crippen LogP contribution in [0.2, 0.25) is 0 Å². The Labute approximate surface area is 272 Å². The Balaban J connectivity index is 1.35. The fourth-order valence-corrected chi connectivity index (χ4v) is 7.07. The first-order valence-electron chi connectivity index (χ1n) is 16.3. The largest absolute Gasteiger partial charge is 0.454 e. The van der Waals surface area contributed by atoms with Crippen molar-refractivity contribution in [3.63, 3.8) is 0 Å². The molecule has 0 spiro atoms. The van der Waals surface area contributed by atoms with Gasteiger partial charge >= 0.3 is 0 Å². The summed E-state index contributed by atoms with van der Waals surface area (Å²) in [7, 11) is 0. The number of rotatable bonds is 5. The van der Waals surface area contributed by atoms with Gasteiger partial charge in [0.25, 0.3) is 0 Å². The van der Waals surface area contributed by atoms with Gasteiger partial charge in [-0.1, -0.05) is 94.4 Å². The lowest BCUT2D eigenvalue weighted by atomic mass is 9.88. The molecule has 5 nitrogen and oxygen atoms in total. The van der Waals surface area contributed by atoms with Gasteiger partial charge in [0, 0.05) is 10.8 Å². The van der Waals surface area contributed by atoms with E-state index in [9.17, 15) is 0 Å². The molecular weight excluding hydrogens is 578 g/mol. The topological polar surface area (TPSA) is 57.0 Å². The Hall–Kier alpha value is -5.68. The highest BCUT2D eigenvalue weighted by Crippen LogP contribution is 2.43. The van der Waals surface area contributed by atoms with Gasteiger partial charge in [0.15, 0.2) is 5.58 Å². The molecule has 0 unspecified atom stereocenters. The van der Waals surface area contributed by atoms with Gasteiger partial charge in [0.1, 0.15) is 22.5 Å². The zero-order chi connectivity index (χ0) is 31.8. The molecule has 0 radical (unpaired) electrons. The van der Waals surface area contributed by atoms with E-state index >= 15 is 0 Å². The molecule has 0 bridgehead atoms. The van der Waals surface area contributed by atoms with E-state index in [2.05, 4.69) is 129 Å². The molecule has 0 fully saturated rings. The van der Waals surface area contributed by atoms with Crippen LogP contribution in [0.5, 0.6) is 0 Å². The SMILES string of the molecule is CC(C)c1cc(-c2ccccc2)cc(C(C)C)c1-n1c(-c2cccc3c2oc2cc4c(nc23)oc2ccccc24)nc2ccccc21. The van der Waals surface area contributed by atoms with Gasteiger partial charge in [0.2, 0.25) is 5.71 Å². The third-order valence-corrected chi connectivity index (χ3v) is 9.36. The molecule has 0 saturated carbocycles. The first kappa shape index (κ1) is 27.6. The maximum Gasteiger partial charge on any atom is 0.228 e. The number of benzene rings is 5. The van der Waals surface area contributed by atoms with Gasteiger partial charge in [-0.15, -0.1) is 0 Å². The summed E-state index contributed by atoms with van der Waals surface area (Å²) in [6, 6.07) is 40.2. The van der Waals surface area contributed by atoms with Crippen LogP contribution in [0.3, 0.4) is 0 Å². The number of fused-ring (bicyclic) bond motifs is 7. The third-order valence-electron chi connectivity index (χ3n) is 9.36. The van der Waals surface area contributed by atoms with Crippen LogP contribution in [-0.4, -0.2) is 14.5 Å². The number of imidazole rings is 1. The van der Waals surface area contributed by atoms with Gasteiger partial charge in [-0.25, -0.2) is 9.97 Å². The van der Waals surface area contributed by atoms with Gasteiger partial charge in [-0.05, 0) is 82.6 Å². The van der Waals surface area contributed by atoms with Gasteiger partial charge in [-0.2, -0.15) is 0 Å². The molecule has 9 aromatic rings. The summed E-state index contributed by atoms with van der Waals surface area (Å²) in [5.74, 6) is 1.40. The summed E-state index contributed by atoms with van der Waals surface area (Å²) >= 11 is 0. The van der Waals surface area contributed by atoms with Crippen molar-refractivity contribution >= 4 is 55.2 Å². The minimum absolute atomic E-state index is 0.275. The summed E-state index contributed by atoms with van der Waals surface area (Å²) in [5, 5.41) is 2.91. The average Bonchev–Trinajstić information content (AvgIpc) is 3.77. The van der Waals surface area contributed by atoms with E-state index in [1.165, 1.54) is 27.9 Å². The standard InChI is InChI=1S/C42H33N3O2/c1-24(2)31-21-27(26-13-6-5-7-14-26)22-32(25(3)4)39(31)45-35-19-10-9-18-34(35)43-41(45)30-17-12-16-29-38-37(46-40(29)30)23-33-28-15-8-11-20-36(28)47-42(33)44-38/h5-25H,1-4H3. The highest BCUT2D eigenvalue weighted by molar-refractivity contribution is 6.13. The Morgan fingerprint density at radius 1 is 0.574 bits per heavy atom. The van der Waals surface area contributed by atoms with Crippen LogP contribution in [0.25, 0.3) is 83.4 Å². The number of hydrogen-bond donors (Lipinski definition) is 0. The summed E-state index contributed by atoms with van der Waals surface area (Å²) in [4.78, 5) is 10.3. The molecule has 228 valence electrons. The first-order valence-corrected chi connectivity index (χ1v) is 16.3. The van der Waals surface area contributed by atoms with Crippen LogP contribution in [0.15, 0.2) is 124 Å². The fourth-order valence-electron chi connectivity index (χ4n) is 7.07. The Kier molecular flexibility index (Phi) is 6.13. The predicted octanol–water partition coefficient (Wildman–Crippen LogP) is 11.8. The van der Waals surface area contributed by atoms with Crippen LogP contribution < -0.4 is 0 Å². The van der Waals surface area contributed by atoms with Crippen LogP contribution in [0.1, 0.15) is 50.7 Å². The molecule has 4 aromatic heterocycles. The molecule has 0 aliphatic rings. The number of nitrogens with zero attached hydrogens (tertiary/aromatic N) is 3. The molecule has 0 N–H and O–H groups in total. The molecule has 0 saturated heterocycles. The van der Waals surface area contributed by atoms with E-state index in [1.807, 2.05) is 18.2 Å². The van der Waals surface area contributed by atoms with E-state index in [0.29, 0.717) is 5.71 Å². The third kappa shape index (κ3) is 4.23. The molecule has 9 rings (SSSR count). The van der Waals surface area contributed by atoms with Crippen molar-refractivity contribution in [1.82, 2.24) is 14.5 Å². The minimum atomic E-state index is 0.275. The van der Waals surface area contributed by atoms with E-state index < -0.39 is 0 Å². The zero-order valence-electron chi connectivity index (χ0n) is 26.8. The van der Waals surface area contributed by atoms with Gasteiger partial charge < -0.3 is 8.83 Å². The first-order chi connectivity index (χ1) is 23.0. The van der Waals surface area contributed by atoms with Crippen LogP contribution >= 0.6 is 0 Å². The van der Waals surface area contributed by atoms with E-state index in [-0.39, 0.29) is 11.8 Å². The second-order valence-electron chi connectivity index (χ2n) is 13.0. The Morgan fingerprint density at radius 2 is 1.28 bits per heavy atom. The van der Waals surface area contributed by atoms with Crippen molar-refractivity contribution in [3.8, 4) is 28.2 Å². The van der Waals surface area contributed by atoms with Crippen molar-refractivity contribution in [2.24, 2.45) is 0 Å². The number of aromatic nitrogens is 3. The number of furan rings is 2. The highest BCUT2D eigenvalue weighted by Gasteiger charge is 2.26. The van der Waals surface area contributed by atoms with Crippen LogP contribution in [0, 0.1) is 0 Å². The van der Waals surface area contributed by atoms with Gasteiger partial charge in [-0.3, -0.25) is 4.57 Å². The maximum absolute atomic E-state index is 6.73. The summed E-state index contributed by atoms with van der Waals surface area (Å²) in [5.41, 5.74) is 12.8. The Bertz CT molecular complexity index is 2610. The highest BCUT2D eigenvalue weighted by atomic mass is 16.3. The van der Waals surface area contributed by atoms with E-state index in [0.717, 1.165) is 60.8 Å². The lowest BCUT2D eigenvalue weighted by Crippen LogP contribution is -2.09. The second-order valence-corrected chi connectivity index (χ2v) is 13.0. The molecular formula is C42H33N3O2. The van der Waals surface area contributed by atoms with E-state index in [1.54, 1.807) is 0 Å². The maximum atomic E-state index is 6.73. The Morgan fingerprint density at radius 3 is 2.06 bits per heavy atom. The molecule has 5 aromatic carbocycles. The minimum Gasteiger partial charge on any atom is -0.454 e. The zero-order valence-corrected chi connectivity index (χ0v) is 26.8. The number of pyridine rings is 1. The number of para-hydroxylation sites is 4. The molecule has 0 atom stereocenters. The van der Waals surface area contributed by atoms with E-state index in [4.69, 9.17) is 18.8 Å². The predicted molar refractivity (Wildman–Crippen MR) is 192 cm³/mol. The lowest BCUT2D eigenvalue weighted by molar-refractivity contribution is 0.652. The summed E-state index contributed by atoms with van der Waals surface area (Å²) < 4.78 is 15.2.